The highest BCUT2D eigenvalue weighted by atomic mass is 32.2. The molecule has 6 nitrogen and oxygen atoms in total. The maximum atomic E-state index is 14.6. The Morgan fingerprint density at radius 1 is 1.06 bits per heavy atom. The van der Waals surface area contributed by atoms with Crippen molar-refractivity contribution in [3.05, 3.63) is 90.2 Å². The summed E-state index contributed by atoms with van der Waals surface area (Å²) in [6, 6.07) is 23.7. The minimum atomic E-state index is -0.596. The van der Waals surface area contributed by atoms with Gasteiger partial charge in [-0.3, -0.25) is 9.36 Å². The molecule has 1 fully saturated rings. The average Bonchev–Trinajstić information content (AvgIpc) is 3.64. The number of nitrogens with zero attached hydrogens (tertiary/aromatic N) is 3. The van der Waals surface area contributed by atoms with E-state index in [0.717, 1.165) is 18.4 Å². The second kappa shape index (κ2) is 10.3. The molecule has 1 N–H and O–H groups in total. The molecular weight excluding hydrogens is 463 g/mol. The summed E-state index contributed by atoms with van der Waals surface area (Å²) in [5, 5.41) is 11.8. The summed E-state index contributed by atoms with van der Waals surface area (Å²) < 4.78 is 22.2. The first kappa shape index (κ1) is 23.1. The predicted octanol–water partition coefficient (Wildman–Crippen LogP) is 6.29. The number of carbonyl (C=O) groups is 1. The number of carbonyl (C=O) groups excluding carboxylic acids is 1. The van der Waals surface area contributed by atoms with Gasteiger partial charge in [-0.05, 0) is 49.6 Å². The number of rotatable bonds is 9. The highest BCUT2D eigenvalue weighted by Crippen LogP contribution is 2.44. The Morgan fingerprint density at radius 2 is 1.77 bits per heavy atom. The monoisotopic (exact) mass is 488 g/mol. The smallest absolute Gasteiger partial charge is 0.242 e. The Balaban J connectivity index is 1.49. The number of hydrogen-bond acceptors (Lipinski definition) is 5. The van der Waals surface area contributed by atoms with Gasteiger partial charge in [-0.2, -0.15) is 0 Å². The summed E-state index contributed by atoms with van der Waals surface area (Å²) >= 11 is 1.32. The average molecular weight is 489 g/mol. The lowest BCUT2D eigenvalue weighted by molar-refractivity contribution is -0.115. The van der Waals surface area contributed by atoms with Crippen molar-refractivity contribution in [1.82, 2.24) is 14.8 Å². The molecule has 35 heavy (non-hydrogen) atoms. The number of thioether (sulfide) groups is 1. The van der Waals surface area contributed by atoms with Gasteiger partial charge in [0.15, 0.2) is 11.0 Å². The van der Waals surface area contributed by atoms with Crippen molar-refractivity contribution in [2.75, 3.05) is 11.9 Å². The number of para-hydroxylation sites is 2. The molecule has 5 rings (SSSR count). The molecule has 0 aliphatic heterocycles. The van der Waals surface area contributed by atoms with Gasteiger partial charge in [0.2, 0.25) is 5.91 Å². The van der Waals surface area contributed by atoms with Crippen molar-refractivity contribution >= 4 is 23.4 Å². The number of aromatic nitrogens is 3. The molecular formula is C27H25FN4O2S. The molecule has 1 aliphatic rings. The minimum absolute atomic E-state index is 0.195. The zero-order chi connectivity index (χ0) is 24.2. The van der Waals surface area contributed by atoms with E-state index >= 15 is 0 Å². The molecule has 8 heteroatoms. The molecule has 1 amide bonds. The Kier molecular flexibility index (Phi) is 6.81. The van der Waals surface area contributed by atoms with Gasteiger partial charge < -0.3 is 10.1 Å². The van der Waals surface area contributed by atoms with Crippen LogP contribution in [0.25, 0.3) is 11.4 Å². The summed E-state index contributed by atoms with van der Waals surface area (Å²) in [4.78, 5) is 13.6. The number of benzene rings is 3. The van der Waals surface area contributed by atoms with Crippen LogP contribution in [0.4, 0.5) is 10.1 Å². The lowest BCUT2D eigenvalue weighted by Gasteiger charge is -2.19. The van der Waals surface area contributed by atoms with Crippen molar-refractivity contribution in [1.29, 1.82) is 0 Å². The summed E-state index contributed by atoms with van der Waals surface area (Å²) in [5.41, 5.74) is 1.85. The van der Waals surface area contributed by atoms with Crippen LogP contribution >= 0.6 is 11.8 Å². The van der Waals surface area contributed by atoms with E-state index in [4.69, 9.17) is 4.74 Å². The van der Waals surface area contributed by atoms with Gasteiger partial charge in [-0.25, -0.2) is 4.39 Å². The zero-order valence-electron chi connectivity index (χ0n) is 19.2. The second-order valence-corrected chi connectivity index (χ2v) is 9.29. The molecule has 0 saturated heterocycles. The van der Waals surface area contributed by atoms with Crippen LogP contribution in [0.5, 0.6) is 5.75 Å². The summed E-state index contributed by atoms with van der Waals surface area (Å²) in [5.74, 6) is 0.555. The molecule has 0 unspecified atom stereocenters. The molecule has 0 spiro atoms. The molecule has 4 aromatic rings. The fourth-order valence-electron chi connectivity index (χ4n) is 3.90. The Hall–Kier alpha value is -3.65. The number of ether oxygens (including phenoxy) is 1. The van der Waals surface area contributed by atoms with Crippen LogP contribution in [0.2, 0.25) is 0 Å². The van der Waals surface area contributed by atoms with Crippen molar-refractivity contribution in [2.45, 2.75) is 36.2 Å². The molecule has 1 saturated carbocycles. The first-order valence-corrected chi connectivity index (χ1v) is 12.5. The summed E-state index contributed by atoms with van der Waals surface area (Å²) in [7, 11) is 0. The van der Waals surface area contributed by atoms with Crippen LogP contribution in [0, 0.1) is 5.82 Å². The molecule has 0 radical (unpaired) electrons. The topological polar surface area (TPSA) is 69.0 Å². The van der Waals surface area contributed by atoms with Crippen molar-refractivity contribution in [3.63, 3.8) is 0 Å². The van der Waals surface area contributed by atoms with E-state index in [1.54, 1.807) is 18.2 Å². The Morgan fingerprint density at radius 3 is 2.51 bits per heavy atom. The SMILES string of the molecule is CCOc1ccccc1NC(=O)[C@H](Sc1nnc(-c2ccccc2F)n1C1CC1)c1ccccc1. The van der Waals surface area contributed by atoms with E-state index in [1.807, 2.05) is 66.1 Å². The van der Waals surface area contributed by atoms with Crippen LogP contribution in [0.3, 0.4) is 0 Å². The molecule has 0 bridgehead atoms. The lowest BCUT2D eigenvalue weighted by Crippen LogP contribution is -2.20. The highest BCUT2D eigenvalue weighted by molar-refractivity contribution is 8.00. The predicted molar refractivity (Wildman–Crippen MR) is 135 cm³/mol. The van der Waals surface area contributed by atoms with Crippen LogP contribution in [0.1, 0.15) is 36.6 Å². The Bertz CT molecular complexity index is 1320. The van der Waals surface area contributed by atoms with Crippen LogP contribution in [-0.2, 0) is 4.79 Å². The number of hydrogen-bond donors (Lipinski definition) is 1. The van der Waals surface area contributed by atoms with Crippen molar-refractivity contribution in [2.24, 2.45) is 0 Å². The molecule has 1 atom stereocenters. The fourth-order valence-corrected chi connectivity index (χ4v) is 5.01. The van der Waals surface area contributed by atoms with E-state index < -0.39 is 5.25 Å². The van der Waals surface area contributed by atoms with Crippen molar-refractivity contribution < 1.29 is 13.9 Å². The third-order valence-electron chi connectivity index (χ3n) is 5.70. The highest BCUT2D eigenvalue weighted by Gasteiger charge is 2.33. The van der Waals surface area contributed by atoms with E-state index in [1.165, 1.54) is 17.8 Å². The molecule has 1 aromatic heterocycles. The quantitative estimate of drug-likeness (QED) is 0.281. The van der Waals surface area contributed by atoms with Crippen molar-refractivity contribution in [3.8, 4) is 17.1 Å². The van der Waals surface area contributed by atoms with Gasteiger partial charge in [0.05, 0.1) is 17.9 Å². The molecule has 1 aliphatic carbocycles. The van der Waals surface area contributed by atoms with Gasteiger partial charge in [-0.1, -0.05) is 66.4 Å². The van der Waals surface area contributed by atoms with E-state index in [0.29, 0.717) is 34.6 Å². The standard InChI is InChI=1S/C27H25FN4O2S/c1-2-34-23-15-9-8-14-22(23)29-26(33)24(18-10-4-3-5-11-18)35-27-31-30-25(32(27)19-16-17-19)20-12-6-7-13-21(20)28/h3-15,19,24H,2,16-17H2,1H3,(H,29,33)/t24-/m1/s1. The maximum Gasteiger partial charge on any atom is 0.242 e. The van der Waals surface area contributed by atoms with Gasteiger partial charge in [0.25, 0.3) is 0 Å². The largest absolute Gasteiger partial charge is 0.492 e. The number of amides is 1. The van der Waals surface area contributed by atoms with Crippen LogP contribution in [0.15, 0.2) is 84.0 Å². The van der Waals surface area contributed by atoms with Crippen LogP contribution in [-0.4, -0.2) is 27.3 Å². The fraction of sp³-hybridized carbons (Fsp3) is 0.222. The van der Waals surface area contributed by atoms with E-state index in [9.17, 15) is 9.18 Å². The normalized spacial score (nSPS) is 13.9. The molecule has 178 valence electrons. The first-order valence-electron chi connectivity index (χ1n) is 11.6. The molecule has 3 aromatic carbocycles. The third kappa shape index (κ3) is 5.07. The van der Waals surface area contributed by atoms with E-state index in [2.05, 4.69) is 15.5 Å². The summed E-state index contributed by atoms with van der Waals surface area (Å²) in [6.45, 7) is 2.39. The minimum Gasteiger partial charge on any atom is -0.492 e. The molecule has 1 heterocycles. The Labute approximate surface area is 207 Å². The van der Waals surface area contributed by atoms with Gasteiger partial charge in [-0.15, -0.1) is 10.2 Å². The maximum absolute atomic E-state index is 14.6. The summed E-state index contributed by atoms with van der Waals surface area (Å²) in [6.07, 6.45) is 1.94. The number of nitrogens with one attached hydrogen (secondary N) is 1. The van der Waals surface area contributed by atoms with E-state index in [-0.39, 0.29) is 17.8 Å². The first-order chi connectivity index (χ1) is 17.2. The number of halogens is 1. The van der Waals surface area contributed by atoms with Gasteiger partial charge >= 0.3 is 0 Å². The zero-order valence-corrected chi connectivity index (χ0v) is 20.0. The van der Waals surface area contributed by atoms with Crippen LogP contribution < -0.4 is 10.1 Å². The van der Waals surface area contributed by atoms with Gasteiger partial charge in [0, 0.05) is 6.04 Å². The van der Waals surface area contributed by atoms with Gasteiger partial charge in [0.1, 0.15) is 16.8 Å². The third-order valence-corrected chi connectivity index (χ3v) is 6.91. The second-order valence-electron chi connectivity index (χ2n) is 8.21. The number of anilines is 1. The lowest BCUT2D eigenvalue weighted by atomic mass is 10.1.